The van der Waals surface area contributed by atoms with Crippen LogP contribution in [0.2, 0.25) is 0 Å². The third-order valence-corrected chi connectivity index (χ3v) is 1.36. The van der Waals surface area contributed by atoms with Gasteiger partial charge in [0.1, 0.15) is 17.3 Å². The summed E-state index contributed by atoms with van der Waals surface area (Å²) in [7, 11) is 0. The van der Waals surface area contributed by atoms with Crippen LogP contribution >= 0.6 is 0 Å². The van der Waals surface area contributed by atoms with Crippen molar-refractivity contribution in [3.05, 3.63) is 17.7 Å². The highest BCUT2D eigenvalue weighted by Gasteiger charge is 2.34. The second-order valence-corrected chi connectivity index (χ2v) is 2.37. The highest BCUT2D eigenvalue weighted by atomic mass is 19.4. The molecule has 15 heavy (non-hydrogen) atoms. The molecule has 0 aliphatic heterocycles. The lowest BCUT2D eigenvalue weighted by molar-refractivity contribution is -0.274. The summed E-state index contributed by atoms with van der Waals surface area (Å²) in [6, 6.07) is 1.35. The molecule has 0 aliphatic carbocycles. The SMILES string of the molecule is N#Cc1cnc(F)c(N)c1OC(F)(F)F. The number of rotatable bonds is 1. The number of alkyl halides is 3. The molecule has 0 fully saturated rings. The van der Waals surface area contributed by atoms with Gasteiger partial charge in [-0.25, -0.2) is 4.98 Å². The number of nitrogens with zero attached hydrogens (tertiary/aromatic N) is 2. The fourth-order valence-electron chi connectivity index (χ4n) is 0.793. The normalized spacial score (nSPS) is 10.9. The Bertz CT molecular complexity index is 423. The highest BCUT2D eigenvalue weighted by Crippen LogP contribution is 2.32. The van der Waals surface area contributed by atoms with Gasteiger partial charge in [-0.1, -0.05) is 0 Å². The second-order valence-electron chi connectivity index (χ2n) is 2.37. The maximum Gasteiger partial charge on any atom is 0.573 e. The lowest BCUT2D eigenvalue weighted by Gasteiger charge is -2.11. The Morgan fingerprint density at radius 3 is 2.53 bits per heavy atom. The molecule has 0 saturated carbocycles. The smallest absolute Gasteiger partial charge is 0.402 e. The Labute approximate surface area is 80.9 Å². The van der Waals surface area contributed by atoms with Crippen LogP contribution in [0.3, 0.4) is 0 Å². The minimum absolute atomic E-state index is 0.591. The zero-order valence-corrected chi connectivity index (χ0v) is 6.97. The van der Waals surface area contributed by atoms with E-state index < -0.39 is 29.3 Å². The van der Waals surface area contributed by atoms with E-state index in [4.69, 9.17) is 11.0 Å². The molecule has 0 aliphatic rings. The zero-order chi connectivity index (χ0) is 11.6. The third kappa shape index (κ3) is 2.46. The minimum atomic E-state index is -5.05. The van der Waals surface area contributed by atoms with Crippen molar-refractivity contribution in [1.82, 2.24) is 4.98 Å². The summed E-state index contributed by atoms with van der Waals surface area (Å²) in [6.45, 7) is 0. The summed E-state index contributed by atoms with van der Waals surface area (Å²) in [5.74, 6) is -2.40. The maximum absolute atomic E-state index is 12.7. The Kier molecular flexibility index (Phi) is 2.65. The molecule has 1 heterocycles. The van der Waals surface area contributed by atoms with E-state index >= 15 is 0 Å². The average molecular weight is 221 g/mol. The number of nitrogens with two attached hydrogens (primary N) is 1. The topological polar surface area (TPSA) is 71.9 Å². The molecule has 0 saturated heterocycles. The van der Waals surface area contributed by atoms with Gasteiger partial charge in [-0.05, 0) is 0 Å². The molecule has 0 atom stereocenters. The molecule has 0 spiro atoms. The van der Waals surface area contributed by atoms with Gasteiger partial charge in [0.15, 0.2) is 5.75 Å². The van der Waals surface area contributed by atoms with E-state index in [0.29, 0.717) is 6.20 Å². The molecule has 0 aromatic carbocycles. The Morgan fingerprint density at radius 2 is 2.07 bits per heavy atom. The van der Waals surface area contributed by atoms with Crippen LogP contribution in [0.1, 0.15) is 5.56 Å². The molecule has 1 rings (SSSR count). The van der Waals surface area contributed by atoms with E-state index in [-0.39, 0.29) is 0 Å². The van der Waals surface area contributed by atoms with Gasteiger partial charge in [0.25, 0.3) is 0 Å². The van der Waals surface area contributed by atoms with Gasteiger partial charge in [-0.2, -0.15) is 9.65 Å². The van der Waals surface area contributed by atoms with Crippen molar-refractivity contribution in [1.29, 1.82) is 5.26 Å². The standard InChI is InChI=1S/C7H3F4N3O/c8-6-4(13)5(15-7(9,10)11)3(1-12)2-14-6/h2H,13H2. The summed E-state index contributed by atoms with van der Waals surface area (Å²) in [5, 5.41) is 8.42. The molecule has 4 nitrogen and oxygen atoms in total. The predicted octanol–water partition coefficient (Wildman–Crippen LogP) is 1.57. The first-order valence-electron chi connectivity index (χ1n) is 3.45. The van der Waals surface area contributed by atoms with Crippen LogP contribution in [0.5, 0.6) is 5.75 Å². The van der Waals surface area contributed by atoms with Crippen molar-refractivity contribution >= 4 is 5.69 Å². The van der Waals surface area contributed by atoms with E-state index in [9.17, 15) is 17.6 Å². The minimum Gasteiger partial charge on any atom is -0.402 e. The summed E-state index contributed by atoms with van der Waals surface area (Å²) in [6.07, 6.45) is -4.44. The second kappa shape index (κ2) is 3.61. The van der Waals surface area contributed by atoms with E-state index in [2.05, 4.69) is 9.72 Å². The summed E-state index contributed by atoms with van der Waals surface area (Å²) in [4.78, 5) is 2.98. The first-order valence-corrected chi connectivity index (χ1v) is 3.45. The van der Waals surface area contributed by atoms with E-state index in [1.807, 2.05) is 0 Å². The molecular weight excluding hydrogens is 218 g/mol. The molecule has 0 unspecified atom stereocenters. The molecule has 1 aromatic rings. The number of halogens is 4. The lowest BCUT2D eigenvalue weighted by atomic mass is 10.2. The van der Waals surface area contributed by atoms with Gasteiger partial charge in [-0.3, -0.25) is 0 Å². The fraction of sp³-hybridized carbons (Fsp3) is 0.143. The maximum atomic E-state index is 12.7. The molecule has 2 N–H and O–H groups in total. The Balaban J connectivity index is 3.26. The van der Waals surface area contributed by atoms with Crippen LogP contribution < -0.4 is 10.5 Å². The van der Waals surface area contributed by atoms with Crippen molar-refractivity contribution in [2.75, 3.05) is 5.73 Å². The quantitative estimate of drug-likeness (QED) is 0.577. The molecular formula is C7H3F4N3O. The Hall–Kier alpha value is -2.04. The van der Waals surface area contributed by atoms with E-state index in [1.54, 1.807) is 0 Å². The molecule has 0 bridgehead atoms. The summed E-state index contributed by atoms with van der Waals surface area (Å²) in [5.41, 5.74) is 3.41. The average Bonchev–Trinajstić information content (AvgIpc) is 2.11. The van der Waals surface area contributed by atoms with Gasteiger partial charge < -0.3 is 10.5 Å². The van der Waals surface area contributed by atoms with Crippen molar-refractivity contribution in [2.45, 2.75) is 6.36 Å². The van der Waals surface area contributed by atoms with E-state index in [1.165, 1.54) is 6.07 Å². The van der Waals surface area contributed by atoms with Crippen molar-refractivity contribution in [2.24, 2.45) is 0 Å². The predicted molar refractivity (Wildman–Crippen MR) is 40.0 cm³/mol. The Morgan fingerprint density at radius 1 is 1.47 bits per heavy atom. The first kappa shape index (κ1) is 11.0. The van der Waals surface area contributed by atoms with Gasteiger partial charge in [0.2, 0.25) is 5.95 Å². The van der Waals surface area contributed by atoms with Crippen molar-refractivity contribution in [3.63, 3.8) is 0 Å². The van der Waals surface area contributed by atoms with Crippen molar-refractivity contribution < 1.29 is 22.3 Å². The molecule has 1 aromatic heterocycles. The van der Waals surface area contributed by atoms with Gasteiger partial charge in [0.05, 0.1) is 6.20 Å². The van der Waals surface area contributed by atoms with Gasteiger partial charge in [-0.15, -0.1) is 13.2 Å². The molecule has 8 heteroatoms. The largest absolute Gasteiger partial charge is 0.573 e. The fourth-order valence-corrected chi connectivity index (χ4v) is 0.793. The number of hydrogen-bond donors (Lipinski definition) is 1. The number of anilines is 1. The number of nitriles is 1. The summed E-state index contributed by atoms with van der Waals surface area (Å²) < 4.78 is 51.6. The third-order valence-electron chi connectivity index (χ3n) is 1.36. The van der Waals surface area contributed by atoms with Crippen LogP contribution in [0.25, 0.3) is 0 Å². The van der Waals surface area contributed by atoms with E-state index in [0.717, 1.165) is 0 Å². The van der Waals surface area contributed by atoms with Crippen LogP contribution in [-0.2, 0) is 0 Å². The summed E-state index contributed by atoms with van der Waals surface area (Å²) >= 11 is 0. The monoisotopic (exact) mass is 221 g/mol. The van der Waals surface area contributed by atoms with Crippen LogP contribution in [0.15, 0.2) is 6.20 Å². The molecule has 80 valence electrons. The molecule has 0 radical (unpaired) electrons. The van der Waals surface area contributed by atoms with Gasteiger partial charge in [0, 0.05) is 0 Å². The van der Waals surface area contributed by atoms with Crippen LogP contribution in [-0.4, -0.2) is 11.3 Å². The number of ether oxygens (including phenoxy) is 1. The highest BCUT2D eigenvalue weighted by molar-refractivity contribution is 5.59. The number of hydrogen-bond acceptors (Lipinski definition) is 4. The lowest BCUT2D eigenvalue weighted by Crippen LogP contribution is -2.19. The number of pyridine rings is 1. The number of aromatic nitrogens is 1. The first-order chi connectivity index (χ1) is 6.85. The van der Waals surface area contributed by atoms with Gasteiger partial charge >= 0.3 is 6.36 Å². The number of nitrogen functional groups attached to an aromatic ring is 1. The van der Waals surface area contributed by atoms with Crippen LogP contribution in [0, 0.1) is 17.3 Å². The zero-order valence-electron chi connectivity index (χ0n) is 6.97. The van der Waals surface area contributed by atoms with Crippen molar-refractivity contribution in [3.8, 4) is 11.8 Å². The van der Waals surface area contributed by atoms with Crippen LogP contribution in [0.4, 0.5) is 23.2 Å². The molecule has 0 amide bonds.